The minimum atomic E-state index is -3.44. The summed E-state index contributed by atoms with van der Waals surface area (Å²) >= 11 is 5.13. The quantitative estimate of drug-likeness (QED) is 0.598. The van der Waals surface area contributed by atoms with Gasteiger partial charge in [0.05, 0.1) is 4.90 Å². The van der Waals surface area contributed by atoms with Crippen molar-refractivity contribution in [2.45, 2.75) is 31.2 Å². The highest BCUT2D eigenvalue weighted by molar-refractivity contribution is 9.10. The van der Waals surface area contributed by atoms with E-state index in [1.165, 1.54) is 0 Å². The summed E-state index contributed by atoms with van der Waals surface area (Å²) in [6.45, 7) is 4.14. The Labute approximate surface area is 140 Å². The van der Waals surface area contributed by atoms with Gasteiger partial charge in [0, 0.05) is 17.6 Å². The number of hydrogen-bond acceptors (Lipinski definition) is 4. The van der Waals surface area contributed by atoms with Crippen LogP contribution in [0.25, 0.3) is 0 Å². The Bertz CT molecular complexity index is 536. The van der Waals surface area contributed by atoms with E-state index in [9.17, 15) is 8.42 Å². The molecule has 1 rings (SSSR count). The van der Waals surface area contributed by atoms with Crippen molar-refractivity contribution in [3.63, 3.8) is 0 Å². The smallest absolute Gasteiger partial charge is 0.241 e. The molecule has 21 heavy (non-hydrogen) atoms. The van der Waals surface area contributed by atoms with Gasteiger partial charge in [-0.05, 0) is 65.0 Å². The summed E-state index contributed by atoms with van der Waals surface area (Å²) in [5.41, 5.74) is 1.06. The molecule has 0 atom stereocenters. The molecule has 1 aromatic carbocycles. The van der Waals surface area contributed by atoms with Crippen molar-refractivity contribution >= 4 is 37.7 Å². The summed E-state index contributed by atoms with van der Waals surface area (Å²) in [7, 11) is -3.44. The zero-order valence-corrected chi connectivity index (χ0v) is 15.7. The molecule has 7 heteroatoms. The third-order valence-corrected chi connectivity index (χ3v) is 6.07. The van der Waals surface area contributed by atoms with E-state index < -0.39 is 10.0 Å². The number of benzene rings is 1. The fourth-order valence-electron chi connectivity index (χ4n) is 1.80. The molecule has 0 heterocycles. The summed E-state index contributed by atoms with van der Waals surface area (Å²) in [6.07, 6.45) is 3.93. The van der Waals surface area contributed by atoms with E-state index in [4.69, 9.17) is 0 Å². The molecule has 4 nitrogen and oxygen atoms in total. The molecule has 0 aromatic heterocycles. The molecule has 120 valence electrons. The molecule has 0 fully saturated rings. The van der Waals surface area contributed by atoms with Gasteiger partial charge in [0.15, 0.2) is 0 Å². The summed E-state index contributed by atoms with van der Waals surface area (Å²) in [5.74, 6) is 1.06. The van der Waals surface area contributed by atoms with Gasteiger partial charge in [-0.1, -0.05) is 13.0 Å². The lowest BCUT2D eigenvalue weighted by molar-refractivity contribution is 0.578. The summed E-state index contributed by atoms with van der Waals surface area (Å²) in [6, 6.07) is 5.35. The number of unbranched alkanes of at least 4 members (excludes halogenated alkanes) is 1. The van der Waals surface area contributed by atoms with Crippen LogP contribution >= 0.6 is 27.7 Å². The average molecular weight is 395 g/mol. The fourth-order valence-corrected chi connectivity index (χ4v) is 4.49. The maximum atomic E-state index is 12.2. The third kappa shape index (κ3) is 6.69. The summed E-state index contributed by atoms with van der Waals surface area (Å²) < 4.78 is 27.8. The first kappa shape index (κ1) is 19.0. The van der Waals surface area contributed by atoms with Crippen LogP contribution in [0.1, 0.15) is 25.3 Å². The molecular formula is C14H23BrN2O2S2. The predicted octanol–water partition coefficient (Wildman–Crippen LogP) is 2.98. The standard InChI is InChI=1S/C14H23BrN2O2S2/c1-3-16-11-12-6-7-14(13(15)10-12)21(18,19)17-8-4-5-9-20-2/h6-7,10,16-17H,3-5,8-9,11H2,1-2H3. The Kier molecular flexibility index (Phi) is 8.89. The van der Waals surface area contributed by atoms with Gasteiger partial charge in [-0.2, -0.15) is 11.8 Å². The molecule has 0 aliphatic rings. The second-order valence-electron chi connectivity index (χ2n) is 4.64. The van der Waals surface area contributed by atoms with Crippen molar-refractivity contribution in [2.24, 2.45) is 0 Å². The highest BCUT2D eigenvalue weighted by Gasteiger charge is 2.17. The van der Waals surface area contributed by atoms with Gasteiger partial charge in [0.25, 0.3) is 0 Å². The monoisotopic (exact) mass is 394 g/mol. The second kappa shape index (κ2) is 9.84. The lowest BCUT2D eigenvalue weighted by atomic mass is 10.2. The Morgan fingerprint density at radius 2 is 2.05 bits per heavy atom. The van der Waals surface area contributed by atoms with Crippen LogP contribution in [-0.2, 0) is 16.6 Å². The zero-order valence-electron chi connectivity index (χ0n) is 12.5. The maximum absolute atomic E-state index is 12.2. The number of nitrogens with one attached hydrogen (secondary N) is 2. The minimum absolute atomic E-state index is 0.299. The van der Waals surface area contributed by atoms with E-state index in [2.05, 4.69) is 32.2 Å². The van der Waals surface area contributed by atoms with Gasteiger partial charge in [0.2, 0.25) is 10.0 Å². The Morgan fingerprint density at radius 1 is 1.29 bits per heavy atom. The van der Waals surface area contributed by atoms with Gasteiger partial charge in [-0.15, -0.1) is 0 Å². The maximum Gasteiger partial charge on any atom is 0.241 e. The van der Waals surface area contributed by atoms with Crippen LogP contribution in [0.3, 0.4) is 0 Å². The van der Waals surface area contributed by atoms with Crippen molar-refractivity contribution < 1.29 is 8.42 Å². The summed E-state index contributed by atoms with van der Waals surface area (Å²) in [4.78, 5) is 0.299. The van der Waals surface area contributed by atoms with Crippen LogP contribution < -0.4 is 10.0 Å². The normalized spacial score (nSPS) is 11.8. The Hall–Kier alpha value is -0.0800. The average Bonchev–Trinajstić information content (AvgIpc) is 2.44. The first-order valence-electron chi connectivity index (χ1n) is 6.99. The lowest BCUT2D eigenvalue weighted by Crippen LogP contribution is -2.25. The van der Waals surface area contributed by atoms with Crippen LogP contribution in [0.2, 0.25) is 0 Å². The van der Waals surface area contributed by atoms with Gasteiger partial charge in [-0.25, -0.2) is 13.1 Å². The van der Waals surface area contributed by atoms with Crippen LogP contribution in [0.4, 0.5) is 0 Å². The highest BCUT2D eigenvalue weighted by atomic mass is 79.9. The van der Waals surface area contributed by atoms with Gasteiger partial charge < -0.3 is 5.32 Å². The van der Waals surface area contributed by atoms with E-state index in [-0.39, 0.29) is 0 Å². The second-order valence-corrected chi connectivity index (χ2v) is 8.22. The molecular weight excluding hydrogens is 372 g/mol. The number of hydrogen-bond donors (Lipinski definition) is 2. The molecule has 0 aliphatic heterocycles. The molecule has 0 bridgehead atoms. The molecule has 0 spiro atoms. The fraction of sp³-hybridized carbons (Fsp3) is 0.571. The molecule has 2 N–H and O–H groups in total. The molecule has 0 saturated heterocycles. The first-order chi connectivity index (χ1) is 10.0. The van der Waals surface area contributed by atoms with E-state index in [0.29, 0.717) is 15.9 Å². The lowest BCUT2D eigenvalue weighted by Gasteiger charge is -2.10. The predicted molar refractivity (Wildman–Crippen MR) is 94.3 cm³/mol. The van der Waals surface area contributed by atoms with Crippen molar-refractivity contribution in [3.05, 3.63) is 28.2 Å². The van der Waals surface area contributed by atoms with E-state index in [0.717, 1.165) is 37.2 Å². The van der Waals surface area contributed by atoms with Crippen LogP contribution in [0, 0.1) is 0 Å². The van der Waals surface area contributed by atoms with Crippen molar-refractivity contribution in [3.8, 4) is 0 Å². The van der Waals surface area contributed by atoms with Crippen molar-refractivity contribution in [2.75, 3.05) is 25.1 Å². The largest absolute Gasteiger partial charge is 0.313 e. The zero-order chi connectivity index (χ0) is 15.7. The molecule has 0 saturated carbocycles. The van der Waals surface area contributed by atoms with Crippen LogP contribution in [-0.4, -0.2) is 33.5 Å². The van der Waals surface area contributed by atoms with Gasteiger partial charge >= 0.3 is 0 Å². The topological polar surface area (TPSA) is 58.2 Å². The van der Waals surface area contributed by atoms with Crippen LogP contribution in [0.15, 0.2) is 27.6 Å². The number of halogens is 1. The third-order valence-electron chi connectivity index (χ3n) is 2.93. The van der Waals surface area contributed by atoms with Crippen LogP contribution in [0.5, 0.6) is 0 Å². The Morgan fingerprint density at radius 3 is 2.67 bits per heavy atom. The molecule has 0 unspecified atom stereocenters. The number of thioether (sulfide) groups is 1. The molecule has 1 aromatic rings. The van der Waals surface area contributed by atoms with Gasteiger partial charge in [-0.3, -0.25) is 0 Å². The van der Waals surface area contributed by atoms with E-state index >= 15 is 0 Å². The number of sulfonamides is 1. The first-order valence-corrected chi connectivity index (χ1v) is 10.7. The molecule has 0 amide bonds. The van der Waals surface area contributed by atoms with E-state index in [1.807, 2.05) is 19.1 Å². The molecule has 0 aliphatic carbocycles. The Balaban J connectivity index is 2.65. The number of rotatable bonds is 10. The van der Waals surface area contributed by atoms with E-state index in [1.54, 1.807) is 17.8 Å². The van der Waals surface area contributed by atoms with Crippen molar-refractivity contribution in [1.29, 1.82) is 0 Å². The SMILES string of the molecule is CCNCc1ccc(S(=O)(=O)NCCCCSC)c(Br)c1. The highest BCUT2D eigenvalue weighted by Crippen LogP contribution is 2.23. The van der Waals surface area contributed by atoms with Crippen molar-refractivity contribution in [1.82, 2.24) is 10.0 Å². The molecule has 0 radical (unpaired) electrons. The van der Waals surface area contributed by atoms with Gasteiger partial charge in [0.1, 0.15) is 0 Å². The minimum Gasteiger partial charge on any atom is -0.313 e. The summed E-state index contributed by atoms with van der Waals surface area (Å²) in [5, 5.41) is 3.22.